The van der Waals surface area contributed by atoms with Gasteiger partial charge in [0, 0.05) is 45.2 Å². The van der Waals surface area contributed by atoms with E-state index in [0.717, 1.165) is 65.4 Å². The van der Waals surface area contributed by atoms with Gasteiger partial charge in [-0.1, -0.05) is 0 Å². The van der Waals surface area contributed by atoms with Crippen molar-refractivity contribution < 1.29 is 9.53 Å². The Balaban J connectivity index is 0.00000104. The van der Waals surface area contributed by atoms with Crippen LogP contribution in [0, 0.1) is 17.3 Å². The molecule has 2 atom stereocenters. The highest BCUT2D eigenvalue weighted by Gasteiger charge is 2.58. The highest BCUT2D eigenvalue weighted by Crippen LogP contribution is 2.59. The molecule has 0 aromatic carbocycles. The number of hydrogen-bond acceptors (Lipinski definition) is 4. The summed E-state index contributed by atoms with van der Waals surface area (Å²) in [6, 6.07) is 0. The second kappa shape index (κ2) is 8.54. The monoisotopic (exact) mass is 379 g/mol. The number of carbonyl (C=O) groups excluding carboxylic acids is 1. The van der Waals surface area contributed by atoms with Crippen molar-refractivity contribution in [1.82, 2.24) is 15.1 Å². The van der Waals surface area contributed by atoms with Crippen molar-refractivity contribution in [1.29, 1.82) is 0 Å². The Bertz CT molecular complexity index is 418. The number of carbonyl (C=O) groups is 1. The summed E-state index contributed by atoms with van der Waals surface area (Å²) >= 11 is 0. The first-order valence-electron chi connectivity index (χ1n) is 9.06. The summed E-state index contributed by atoms with van der Waals surface area (Å²) in [6.07, 6.45) is 4.75. The fraction of sp³-hybridized carbons (Fsp3) is 0.941. The third kappa shape index (κ3) is 4.18. The fourth-order valence-electron chi connectivity index (χ4n) is 4.64. The Morgan fingerprint density at radius 2 is 1.83 bits per heavy atom. The van der Waals surface area contributed by atoms with Crippen LogP contribution >= 0.6 is 24.8 Å². The lowest BCUT2D eigenvalue weighted by atomic mass is 9.91. The molecule has 3 heterocycles. The third-order valence-electron chi connectivity index (χ3n) is 6.31. The average molecular weight is 380 g/mol. The van der Waals surface area contributed by atoms with Gasteiger partial charge >= 0.3 is 0 Å². The van der Waals surface area contributed by atoms with E-state index in [0.29, 0.717) is 23.2 Å². The number of nitrogens with zero attached hydrogens (tertiary/aromatic N) is 2. The van der Waals surface area contributed by atoms with E-state index in [9.17, 15) is 4.79 Å². The lowest BCUT2D eigenvalue weighted by Gasteiger charge is -2.36. The summed E-state index contributed by atoms with van der Waals surface area (Å²) in [4.78, 5) is 17.4. The molecule has 0 aromatic heterocycles. The van der Waals surface area contributed by atoms with E-state index in [-0.39, 0.29) is 24.8 Å². The van der Waals surface area contributed by atoms with Crippen molar-refractivity contribution in [3.8, 4) is 0 Å². The third-order valence-corrected chi connectivity index (χ3v) is 6.31. The predicted octanol–water partition coefficient (Wildman–Crippen LogP) is 1.40. The first-order valence-corrected chi connectivity index (χ1v) is 9.06. The van der Waals surface area contributed by atoms with E-state index in [1.807, 2.05) is 0 Å². The zero-order chi connectivity index (χ0) is 15.0. The molecule has 1 aliphatic carbocycles. The van der Waals surface area contributed by atoms with Crippen LogP contribution in [0.3, 0.4) is 0 Å². The maximum absolute atomic E-state index is 12.8. The highest BCUT2D eigenvalue weighted by molar-refractivity contribution is 5.85. The molecule has 0 bridgehead atoms. The smallest absolute Gasteiger partial charge is 0.226 e. The summed E-state index contributed by atoms with van der Waals surface area (Å²) in [5.41, 5.74) is 0.376. The molecule has 1 N–H and O–H groups in total. The Labute approximate surface area is 157 Å². The van der Waals surface area contributed by atoms with Gasteiger partial charge in [0.05, 0.1) is 6.61 Å². The van der Waals surface area contributed by atoms with Crippen molar-refractivity contribution in [2.75, 3.05) is 59.0 Å². The van der Waals surface area contributed by atoms with Gasteiger partial charge in [-0.25, -0.2) is 0 Å². The van der Waals surface area contributed by atoms with Gasteiger partial charge in [0.15, 0.2) is 0 Å². The molecule has 140 valence electrons. The van der Waals surface area contributed by atoms with Gasteiger partial charge in [-0.15, -0.1) is 24.8 Å². The number of piperidine rings is 1. The molecule has 3 aliphatic heterocycles. The van der Waals surface area contributed by atoms with Crippen LogP contribution in [0.5, 0.6) is 0 Å². The molecule has 24 heavy (non-hydrogen) atoms. The van der Waals surface area contributed by atoms with Gasteiger partial charge in [0.1, 0.15) is 0 Å². The van der Waals surface area contributed by atoms with Crippen molar-refractivity contribution >= 4 is 30.7 Å². The van der Waals surface area contributed by atoms with Crippen LogP contribution in [0.4, 0.5) is 0 Å². The first-order chi connectivity index (χ1) is 10.8. The standard InChI is InChI=1S/C17H29N3O2.2ClH/c21-16(15-11-17(15)2-4-18-5-3-17)20-8-6-19(7-9-20)12-14-1-10-22-13-14;;/h14-15,18H,1-13H2;2*1H. The minimum absolute atomic E-state index is 0. The molecule has 7 heteroatoms. The fourth-order valence-corrected chi connectivity index (χ4v) is 4.64. The zero-order valence-electron chi connectivity index (χ0n) is 14.4. The molecule has 3 saturated heterocycles. The quantitative estimate of drug-likeness (QED) is 0.804. The molecule has 5 nitrogen and oxygen atoms in total. The minimum atomic E-state index is 0. The van der Waals surface area contributed by atoms with Crippen molar-refractivity contribution in [2.45, 2.75) is 25.7 Å². The number of hydrogen-bond donors (Lipinski definition) is 1. The van der Waals surface area contributed by atoms with Gasteiger partial charge in [-0.3, -0.25) is 9.69 Å². The Morgan fingerprint density at radius 3 is 2.46 bits per heavy atom. The molecule has 1 spiro atoms. The van der Waals surface area contributed by atoms with E-state index in [4.69, 9.17) is 4.74 Å². The van der Waals surface area contributed by atoms with Crippen LogP contribution in [-0.4, -0.2) is 74.7 Å². The SMILES string of the molecule is Cl.Cl.O=C(C1CC12CCNCC2)N1CCN(CC2CCOC2)CC1. The highest BCUT2D eigenvalue weighted by atomic mass is 35.5. The minimum Gasteiger partial charge on any atom is -0.381 e. The lowest BCUT2D eigenvalue weighted by Crippen LogP contribution is -2.50. The lowest BCUT2D eigenvalue weighted by molar-refractivity contribution is -0.135. The molecule has 0 aromatic rings. The van der Waals surface area contributed by atoms with Crippen molar-refractivity contribution in [3.63, 3.8) is 0 Å². The number of rotatable bonds is 3. The molecule has 0 radical (unpaired) electrons. The summed E-state index contributed by atoms with van der Waals surface area (Å²) < 4.78 is 5.47. The predicted molar refractivity (Wildman–Crippen MR) is 99.1 cm³/mol. The maximum Gasteiger partial charge on any atom is 0.226 e. The summed E-state index contributed by atoms with van der Waals surface area (Å²) in [5, 5.41) is 3.42. The largest absolute Gasteiger partial charge is 0.381 e. The molecule has 4 rings (SSSR count). The normalized spacial score (nSPS) is 32.1. The van der Waals surface area contributed by atoms with Gasteiger partial charge in [0.2, 0.25) is 5.91 Å². The van der Waals surface area contributed by atoms with E-state index in [2.05, 4.69) is 15.1 Å². The second-order valence-corrected chi connectivity index (χ2v) is 7.72. The van der Waals surface area contributed by atoms with Crippen LogP contribution < -0.4 is 5.32 Å². The molecule has 4 fully saturated rings. The molecular weight excluding hydrogens is 349 g/mol. The number of piperazine rings is 1. The van der Waals surface area contributed by atoms with E-state index < -0.39 is 0 Å². The summed E-state index contributed by atoms with van der Waals surface area (Å²) in [7, 11) is 0. The molecular formula is C17H31Cl2N3O2. The van der Waals surface area contributed by atoms with Crippen LogP contribution in [0.2, 0.25) is 0 Å². The van der Waals surface area contributed by atoms with Gasteiger partial charge < -0.3 is 15.0 Å². The van der Waals surface area contributed by atoms with Gasteiger partial charge in [-0.2, -0.15) is 0 Å². The summed E-state index contributed by atoms with van der Waals surface area (Å²) in [5.74, 6) is 1.50. The van der Waals surface area contributed by atoms with Gasteiger partial charge in [0.25, 0.3) is 0 Å². The maximum atomic E-state index is 12.8. The van der Waals surface area contributed by atoms with Gasteiger partial charge in [-0.05, 0) is 50.1 Å². The van der Waals surface area contributed by atoms with E-state index in [1.165, 1.54) is 19.3 Å². The summed E-state index contributed by atoms with van der Waals surface area (Å²) in [6.45, 7) is 9.16. The Morgan fingerprint density at radius 1 is 1.12 bits per heavy atom. The zero-order valence-corrected chi connectivity index (χ0v) is 16.0. The van der Waals surface area contributed by atoms with Crippen LogP contribution in [0.25, 0.3) is 0 Å². The first kappa shape index (κ1) is 20.2. The number of amides is 1. The van der Waals surface area contributed by atoms with Crippen LogP contribution in [0.15, 0.2) is 0 Å². The Hall–Kier alpha value is -0.0700. The molecule has 2 unspecified atom stereocenters. The molecule has 1 amide bonds. The molecule has 4 aliphatic rings. The van der Waals surface area contributed by atoms with Crippen molar-refractivity contribution in [2.24, 2.45) is 17.3 Å². The molecule has 1 saturated carbocycles. The number of ether oxygens (including phenoxy) is 1. The van der Waals surface area contributed by atoms with E-state index >= 15 is 0 Å². The van der Waals surface area contributed by atoms with E-state index in [1.54, 1.807) is 0 Å². The van der Waals surface area contributed by atoms with Crippen LogP contribution in [-0.2, 0) is 9.53 Å². The Kier molecular flexibility index (Phi) is 7.21. The topological polar surface area (TPSA) is 44.8 Å². The number of nitrogens with one attached hydrogen (secondary N) is 1. The number of halogens is 2. The van der Waals surface area contributed by atoms with Crippen LogP contribution in [0.1, 0.15) is 25.7 Å². The average Bonchev–Trinajstić information content (AvgIpc) is 2.99. The van der Waals surface area contributed by atoms with Crippen molar-refractivity contribution in [3.05, 3.63) is 0 Å². The second-order valence-electron chi connectivity index (χ2n) is 7.72.